The maximum absolute atomic E-state index is 13.2. The van der Waals surface area contributed by atoms with Crippen LogP contribution in [-0.2, 0) is 21.9 Å². The van der Waals surface area contributed by atoms with Gasteiger partial charge >= 0.3 is 24.3 Å². The number of carbonyl (C=O) groups excluding carboxylic acids is 4. The number of anilines is 4. The average molecular weight is 895 g/mol. The van der Waals surface area contributed by atoms with Crippen molar-refractivity contribution in [2.24, 2.45) is 0 Å². The summed E-state index contributed by atoms with van der Waals surface area (Å²) in [5.41, 5.74) is -0.118. The molecule has 65 heavy (non-hydrogen) atoms. The third-order valence-electron chi connectivity index (χ3n) is 9.28. The average Bonchev–Trinajstić information content (AvgIpc) is 3.28. The SMILES string of the molecule is COc1cc(/C=C/C(=O)CC(=O)/C=C/c2ccc(OC(=O)c3ccccc3Nc3cccc(C(F)(F)F)c3)c(OC)c2)ccc1OC(=O)c1ccccc1Nc1cccc(C(F)(F)F)c1. The van der Waals surface area contributed by atoms with Gasteiger partial charge in [-0.3, -0.25) is 9.59 Å². The van der Waals surface area contributed by atoms with Gasteiger partial charge in [-0.25, -0.2) is 9.59 Å². The van der Waals surface area contributed by atoms with E-state index in [4.69, 9.17) is 18.9 Å². The fourth-order valence-electron chi connectivity index (χ4n) is 6.12. The Labute approximate surface area is 367 Å². The largest absolute Gasteiger partial charge is 0.493 e. The molecule has 0 aromatic heterocycles. The molecular weight excluding hydrogens is 859 g/mol. The highest BCUT2D eigenvalue weighted by molar-refractivity contribution is 6.11. The number of halogens is 6. The van der Waals surface area contributed by atoms with Crippen LogP contribution in [0.15, 0.2) is 146 Å². The monoisotopic (exact) mass is 894 g/mol. The van der Waals surface area contributed by atoms with Gasteiger partial charge in [-0.05, 0) is 108 Å². The molecular formula is C49H36F6N2O8. The van der Waals surface area contributed by atoms with Crippen molar-refractivity contribution >= 4 is 58.4 Å². The zero-order valence-corrected chi connectivity index (χ0v) is 34.3. The van der Waals surface area contributed by atoms with Crippen LogP contribution in [0.25, 0.3) is 12.2 Å². The van der Waals surface area contributed by atoms with Crippen LogP contribution in [0.2, 0.25) is 0 Å². The third kappa shape index (κ3) is 12.5. The zero-order chi connectivity index (χ0) is 46.7. The molecule has 0 bridgehead atoms. The van der Waals surface area contributed by atoms with Crippen molar-refractivity contribution in [3.8, 4) is 23.0 Å². The second kappa shape index (κ2) is 20.4. The molecule has 6 aromatic carbocycles. The molecule has 0 atom stereocenters. The summed E-state index contributed by atoms with van der Waals surface area (Å²) >= 11 is 0. The topological polar surface area (TPSA) is 129 Å². The van der Waals surface area contributed by atoms with E-state index in [1.54, 1.807) is 24.3 Å². The standard InChI is InChI=1S/C49H36F6N2O8/c1-62-44-25-30(19-23-42(44)64-46(60)38-13-3-5-15-40(38)56-34-11-7-9-32(27-34)48(50,51)52)17-21-36(58)29-37(59)22-18-31-20-24-43(45(26-31)63-2)65-47(61)39-14-4-6-16-41(39)57-35-12-8-10-33(28-35)49(53,54)55/h3-28,56-57H,29H2,1-2H3/b21-17+,22-18+. The molecule has 0 aliphatic rings. The Morgan fingerprint density at radius 2 is 0.892 bits per heavy atom. The first kappa shape index (κ1) is 46.4. The van der Waals surface area contributed by atoms with Gasteiger partial charge in [-0.15, -0.1) is 0 Å². The van der Waals surface area contributed by atoms with E-state index in [2.05, 4.69) is 10.6 Å². The number of alkyl halides is 6. The van der Waals surface area contributed by atoms with Gasteiger partial charge in [0.15, 0.2) is 34.6 Å². The minimum Gasteiger partial charge on any atom is -0.493 e. The number of ketones is 2. The Kier molecular flexibility index (Phi) is 14.5. The fraction of sp³-hybridized carbons (Fsp3) is 0.102. The number of methoxy groups -OCH3 is 2. The highest BCUT2D eigenvalue weighted by Crippen LogP contribution is 2.35. The van der Waals surface area contributed by atoms with E-state index in [1.165, 1.54) is 123 Å². The normalized spacial score (nSPS) is 11.6. The molecule has 0 fully saturated rings. The number of esters is 2. The Balaban J connectivity index is 1.04. The van der Waals surface area contributed by atoms with Gasteiger partial charge in [-0.2, -0.15) is 26.3 Å². The van der Waals surface area contributed by atoms with E-state index in [1.807, 2.05) is 0 Å². The van der Waals surface area contributed by atoms with Crippen molar-refractivity contribution in [3.63, 3.8) is 0 Å². The van der Waals surface area contributed by atoms with E-state index in [0.29, 0.717) is 11.1 Å². The molecule has 2 N–H and O–H groups in total. The van der Waals surface area contributed by atoms with Crippen LogP contribution in [0.5, 0.6) is 23.0 Å². The molecule has 6 aromatic rings. The molecule has 0 aliphatic heterocycles. The van der Waals surface area contributed by atoms with E-state index < -0.39 is 53.4 Å². The molecule has 16 heteroatoms. The van der Waals surface area contributed by atoms with Crippen LogP contribution in [-0.4, -0.2) is 37.7 Å². The van der Waals surface area contributed by atoms with E-state index >= 15 is 0 Å². The molecule has 0 heterocycles. The summed E-state index contributed by atoms with van der Waals surface area (Å²) in [7, 11) is 2.67. The first-order valence-electron chi connectivity index (χ1n) is 19.3. The minimum atomic E-state index is -4.56. The summed E-state index contributed by atoms with van der Waals surface area (Å²) in [5.74, 6) is -2.41. The number of para-hydroxylation sites is 2. The maximum atomic E-state index is 13.2. The summed E-state index contributed by atoms with van der Waals surface area (Å²) in [6, 6.07) is 30.2. The number of ether oxygens (including phenoxy) is 4. The first-order chi connectivity index (χ1) is 31.0. The Bertz CT molecular complexity index is 2610. The van der Waals surface area contributed by atoms with Crippen molar-refractivity contribution in [1.29, 1.82) is 0 Å². The molecule has 6 rings (SSSR count). The highest BCUT2D eigenvalue weighted by Gasteiger charge is 2.31. The van der Waals surface area contributed by atoms with Gasteiger partial charge in [0.05, 0.1) is 54.3 Å². The zero-order valence-electron chi connectivity index (χ0n) is 34.3. The van der Waals surface area contributed by atoms with Crippen LogP contribution < -0.4 is 29.6 Å². The summed E-state index contributed by atoms with van der Waals surface area (Å²) in [6.07, 6.45) is -4.33. The third-order valence-corrected chi connectivity index (χ3v) is 9.28. The number of benzene rings is 6. The number of rotatable bonds is 16. The first-order valence-corrected chi connectivity index (χ1v) is 19.3. The molecule has 332 valence electrons. The summed E-state index contributed by atoms with van der Waals surface area (Å²) in [5, 5.41) is 5.66. The number of hydrogen-bond donors (Lipinski definition) is 2. The van der Waals surface area contributed by atoms with E-state index in [0.717, 1.165) is 24.3 Å². The van der Waals surface area contributed by atoms with Crippen LogP contribution >= 0.6 is 0 Å². The lowest BCUT2D eigenvalue weighted by atomic mass is 10.1. The Morgan fingerprint density at radius 1 is 0.492 bits per heavy atom. The van der Waals surface area contributed by atoms with Crippen molar-refractivity contribution in [2.45, 2.75) is 18.8 Å². The van der Waals surface area contributed by atoms with Gasteiger partial charge in [0.25, 0.3) is 0 Å². The smallest absolute Gasteiger partial charge is 0.416 e. The second-order valence-electron chi connectivity index (χ2n) is 13.9. The predicted octanol–water partition coefficient (Wildman–Crippen LogP) is 11.9. The van der Waals surface area contributed by atoms with Crippen LogP contribution in [0.3, 0.4) is 0 Å². The molecule has 0 saturated carbocycles. The molecule has 0 saturated heterocycles. The van der Waals surface area contributed by atoms with E-state index in [9.17, 15) is 45.5 Å². The molecule has 0 spiro atoms. The lowest BCUT2D eigenvalue weighted by Gasteiger charge is -2.14. The minimum absolute atomic E-state index is 0.0214. The molecule has 0 unspecified atom stereocenters. The Morgan fingerprint density at radius 3 is 1.28 bits per heavy atom. The number of carbonyl (C=O) groups is 4. The maximum Gasteiger partial charge on any atom is 0.416 e. The number of allylic oxidation sites excluding steroid dienone is 2. The summed E-state index contributed by atoms with van der Waals surface area (Å²) in [4.78, 5) is 51.9. The van der Waals surface area contributed by atoms with Crippen LogP contribution in [0.4, 0.5) is 49.1 Å². The summed E-state index contributed by atoms with van der Waals surface area (Å²) < 4.78 is 101. The van der Waals surface area contributed by atoms with E-state index in [-0.39, 0.29) is 56.9 Å². The van der Waals surface area contributed by atoms with Gasteiger partial charge in [0.1, 0.15) is 0 Å². The Hall–Kier alpha value is -8.14. The summed E-state index contributed by atoms with van der Waals surface area (Å²) in [6.45, 7) is 0. The number of hydrogen-bond acceptors (Lipinski definition) is 10. The second-order valence-corrected chi connectivity index (χ2v) is 13.9. The van der Waals surface area contributed by atoms with Gasteiger partial charge in [0, 0.05) is 11.4 Å². The van der Waals surface area contributed by atoms with Crippen LogP contribution in [0, 0.1) is 0 Å². The fourth-order valence-corrected chi connectivity index (χ4v) is 6.12. The highest BCUT2D eigenvalue weighted by atomic mass is 19.4. The van der Waals surface area contributed by atoms with Gasteiger partial charge in [-0.1, -0.05) is 60.7 Å². The van der Waals surface area contributed by atoms with Crippen molar-refractivity contribution in [1.82, 2.24) is 0 Å². The molecule has 0 radical (unpaired) electrons. The molecule has 0 aliphatic carbocycles. The van der Waals surface area contributed by atoms with Crippen molar-refractivity contribution in [3.05, 3.63) is 179 Å². The lowest BCUT2D eigenvalue weighted by molar-refractivity contribution is -0.138. The van der Waals surface area contributed by atoms with Crippen LogP contribution in [0.1, 0.15) is 49.4 Å². The lowest BCUT2D eigenvalue weighted by Crippen LogP contribution is -2.12. The number of nitrogens with one attached hydrogen (secondary N) is 2. The van der Waals surface area contributed by atoms with Gasteiger partial charge in [0.2, 0.25) is 0 Å². The quantitative estimate of drug-likeness (QED) is 0.0318. The van der Waals surface area contributed by atoms with Gasteiger partial charge < -0.3 is 29.6 Å². The van der Waals surface area contributed by atoms with Crippen molar-refractivity contribution < 1.29 is 64.5 Å². The predicted molar refractivity (Wildman–Crippen MR) is 231 cm³/mol. The molecule has 10 nitrogen and oxygen atoms in total. The molecule has 0 amide bonds. The van der Waals surface area contributed by atoms with Crippen molar-refractivity contribution in [2.75, 3.05) is 24.9 Å².